The third-order valence-electron chi connectivity index (χ3n) is 2.15. The largest absolute Gasteiger partial charge is 0.450 e. The van der Waals surface area contributed by atoms with E-state index in [2.05, 4.69) is 0 Å². The molecule has 0 aromatic heterocycles. The maximum Gasteiger partial charge on any atom is 0.450 e. The molecule has 0 N–H and O–H groups in total. The fourth-order valence-electron chi connectivity index (χ4n) is 1.46. The summed E-state index contributed by atoms with van der Waals surface area (Å²) in [6.45, 7) is 0. The van der Waals surface area contributed by atoms with Gasteiger partial charge in [0.05, 0.1) is 5.92 Å². The van der Waals surface area contributed by atoms with Gasteiger partial charge in [-0.15, -0.1) is 0 Å². The van der Waals surface area contributed by atoms with Gasteiger partial charge < -0.3 is 0 Å². The van der Waals surface area contributed by atoms with Crippen LogP contribution in [-0.4, -0.2) is 17.7 Å². The van der Waals surface area contributed by atoms with E-state index in [1.807, 2.05) is 0 Å². The summed E-state index contributed by atoms with van der Waals surface area (Å²) < 4.78 is 35.7. The molecule has 5 heteroatoms. The lowest BCUT2D eigenvalue weighted by molar-refractivity contribution is -0.177. The zero-order valence-corrected chi connectivity index (χ0v) is 6.86. The average molecular weight is 194 g/mol. The highest BCUT2D eigenvalue weighted by molar-refractivity contribution is 6.05. The zero-order valence-electron chi connectivity index (χ0n) is 6.86. The van der Waals surface area contributed by atoms with Crippen molar-refractivity contribution in [3.8, 4) is 0 Å². The minimum Gasteiger partial charge on any atom is -0.299 e. The van der Waals surface area contributed by atoms with E-state index in [1.54, 1.807) is 0 Å². The number of Topliss-reactive ketones (excluding diaryl/α,β-unsaturated/α-hetero) is 2. The van der Waals surface area contributed by atoms with E-state index in [-0.39, 0.29) is 12.8 Å². The van der Waals surface area contributed by atoms with Crippen LogP contribution in [0.5, 0.6) is 0 Å². The highest BCUT2D eigenvalue weighted by atomic mass is 19.4. The van der Waals surface area contributed by atoms with Gasteiger partial charge in [0.25, 0.3) is 0 Å². The van der Waals surface area contributed by atoms with E-state index in [0.29, 0.717) is 12.8 Å². The van der Waals surface area contributed by atoms with Crippen molar-refractivity contribution in [1.29, 1.82) is 0 Å². The highest BCUT2D eigenvalue weighted by Crippen LogP contribution is 2.28. The van der Waals surface area contributed by atoms with Gasteiger partial charge in [-0.2, -0.15) is 13.2 Å². The Morgan fingerprint density at radius 3 is 2.38 bits per heavy atom. The van der Waals surface area contributed by atoms with Crippen molar-refractivity contribution in [3.05, 3.63) is 0 Å². The van der Waals surface area contributed by atoms with Crippen LogP contribution in [0.1, 0.15) is 25.7 Å². The Labute approximate surface area is 73.1 Å². The third kappa shape index (κ3) is 2.29. The van der Waals surface area contributed by atoms with E-state index < -0.39 is 23.7 Å². The molecule has 74 valence electrons. The standard InChI is InChI=1S/C8H9F3O2/c9-8(10,11)7(13)5-3-1-2-4-6(5)12/h5H,1-4H2/t5-/m1/s1. The van der Waals surface area contributed by atoms with Crippen LogP contribution in [0.4, 0.5) is 13.2 Å². The number of ketones is 2. The van der Waals surface area contributed by atoms with Crippen LogP contribution < -0.4 is 0 Å². The van der Waals surface area contributed by atoms with Crippen LogP contribution in [0.2, 0.25) is 0 Å². The Hall–Kier alpha value is -0.870. The average Bonchev–Trinajstić information content (AvgIpc) is 2.02. The molecular formula is C8H9F3O2. The smallest absolute Gasteiger partial charge is 0.299 e. The molecule has 1 rings (SSSR count). The molecule has 0 aromatic carbocycles. The second-order valence-corrected chi connectivity index (χ2v) is 3.13. The molecule has 1 aliphatic carbocycles. The van der Waals surface area contributed by atoms with Crippen LogP contribution in [0.15, 0.2) is 0 Å². The van der Waals surface area contributed by atoms with E-state index in [9.17, 15) is 22.8 Å². The van der Waals surface area contributed by atoms with Crippen molar-refractivity contribution >= 4 is 11.6 Å². The van der Waals surface area contributed by atoms with Gasteiger partial charge in [0, 0.05) is 6.42 Å². The minimum absolute atomic E-state index is 0.0528. The highest BCUT2D eigenvalue weighted by Gasteiger charge is 2.46. The normalized spacial score (nSPS) is 24.5. The van der Waals surface area contributed by atoms with Crippen LogP contribution >= 0.6 is 0 Å². The quantitative estimate of drug-likeness (QED) is 0.597. The lowest BCUT2D eigenvalue weighted by Gasteiger charge is -2.19. The number of halogens is 3. The van der Waals surface area contributed by atoms with Crippen LogP contribution in [0.3, 0.4) is 0 Å². The van der Waals surface area contributed by atoms with E-state index in [0.717, 1.165) is 0 Å². The summed E-state index contributed by atoms with van der Waals surface area (Å²) in [5, 5.41) is 0. The Bertz CT molecular complexity index is 232. The molecule has 0 radical (unpaired) electrons. The molecule has 0 amide bonds. The van der Waals surface area contributed by atoms with Gasteiger partial charge in [-0.25, -0.2) is 0 Å². The zero-order chi connectivity index (χ0) is 10.1. The Balaban J connectivity index is 2.70. The monoisotopic (exact) mass is 194 g/mol. The second kappa shape index (κ2) is 3.47. The molecule has 0 spiro atoms. The Kier molecular flexibility index (Phi) is 2.73. The summed E-state index contributed by atoms with van der Waals surface area (Å²) >= 11 is 0. The van der Waals surface area contributed by atoms with Crippen molar-refractivity contribution in [1.82, 2.24) is 0 Å². The fourth-order valence-corrected chi connectivity index (χ4v) is 1.46. The first-order chi connectivity index (χ1) is 5.93. The summed E-state index contributed by atoms with van der Waals surface area (Å²) in [7, 11) is 0. The summed E-state index contributed by atoms with van der Waals surface area (Å²) in [5.74, 6) is -3.86. The number of carbonyl (C=O) groups is 2. The second-order valence-electron chi connectivity index (χ2n) is 3.13. The molecular weight excluding hydrogens is 185 g/mol. The molecule has 0 heterocycles. The van der Waals surface area contributed by atoms with Crippen LogP contribution in [-0.2, 0) is 9.59 Å². The van der Waals surface area contributed by atoms with E-state index in [1.165, 1.54) is 0 Å². The van der Waals surface area contributed by atoms with Gasteiger partial charge in [0.1, 0.15) is 5.78 Å². The number of rotatable bonds is 1. The summed E-state index contributed by atoms with van der Waals surface area (Å²) in [6.07, 6.45) is -3.58. The van der Waals surface area contributed by atoms with Gasteiger partial charge in [-0.1, -0.05) is 6.42 Å². The summed E-state index contributed by atoms with van der Waals surface area (Å²) in [5.41, 5.74) is 0. The van der Waals surface area contributed by atoms with Crippen molar-refractivity contribution in [3.63, 3.8) is 0 Å². The Morgan fingerprint density at radius 1 is 1.31 bits per heavy atom. The predicted molar refractivity (Wildman–Crippen MR) is 38.0 cm³/mol. The molecule has 1 saturated carbocycles. The van der Waals surface area contributed by atoms with E-state index >= 15 is 0 Å². The molecule has 0 aromatic rings. The molecule has 1 atom stereocenters. The fraction of sp³-hybridized carbons (Fsp3) is 0.750. The van der Waals surface area contributed by atoms with Crippen molar-refractivity contribution in [2.75, 3.05) is 0 Å². The van der Waals surface area contributed by atoms with Gasteiger partial charge in [-0.05, 0) is 12.8 Å². The molecule has 0 bridgehead atoms. The van der Waals surface area contributed by atoms with Crippen LogP contribution in [0, 0.1) is 5.92 Å². The Morgan fingerprint density at radius 2 is 1.92 bits per heavy atom. The number of carbonyl (C=O) groups excluding carboxylic acids is 2. The minimum atomic E-state index is -4.86. The van der Waals surface area contributed by atoms with E-state index in [4.69, 9.17) is 0 Å². The van der Waals surface area contributed by atoms with Gasteiger partial charge in [-0.3, -0.25) is 9.59 Å². The first kappa shape index (κ1) is 10.2. The molecule has 13 heavy (non-hydrogen) atoms. The lowest BCUT2D eigenvalue weighted by Crippen LogP contribution is -2.36. The molecule has 1 aliphatic rings. The molecule has 1 fully saturated rings. The van der Waals surface area contributed by atoms with Crippen molar-refractivity contribution in [2.24, 2.45) is 5.92 Å². The maximum atomic E-state index is 11.9. The summed E-state index contributed by atoms with van der Waals surface area (Å²) in [6, 6.07) is 0. The topological polar surface area (TPSA) is 34.1 Å². The molecule has 0 saturated heterocycles. The van der Waals surface area contributed by atoms with Gasteiger partial charge in [0.2, 0.25) is 5.78 Å². The van der Waals surface area contributed by atoms with Gasteiger partial charge >= 0.3 is 6.18 Å². The number of hydrogen-bond donors (Lipinski definition) is 0. The first-order valence-electron chi connectivity index (χ1n) is 4.06. The third-order valence-corrected chi connectivity index (χ3v) is 2.15. The molecule has 0 aliphatic heterocycles. The predicted octanol–water partition coefficient (Wildman–Crippen LogP) is 1.88. The maximum absolute atomic E-state index is 11.9. The number of hydrogen-bond acceptors (Lipinski definition) is 2. The molecule has 2 nitrogen and oxygen atoms in total. The molecule has 0 unspecified atom stereocenters. The van der Waals surface area contributed by atoms with Crippen molar-refractivity contribution in [2.45, 2.75) is 31.9 Å². The summed E-state index contributed by atoms with van der Waals surface area (Å²) in [4.78, 5) is 21.6. The first-order valence-corrected chi connectivity index (χ1v) is 4.06. The van der Waals surface area contributed by atoms with Gasteiger partial charge in [0.15, 0.2) is 0 Å². The van der Waals surface area contributed by atoms with Crippen molar-refractivity contribution < 1.29 is 22.8 Å². The van der Waals surface area contributed by atoms with Crippen LogP contribution in [0.25, 0.3) is 0 Å². The lowest BCUT2D eigenvalue weighted by atomic mass is 9.85. The number of alkyl halides is 3. The SMILES string of the molecule is O=C1CCCC[C@H]1C(=O)C(F)(F)F.